The fourth-order valence-electron chi connectivity index (χ4n) is 4.15. The molecule has 3 heterocycles. The molecule has 1 aliphatic rings. The number of benzene rings is 1. The number of H-pyrrole nitrogens is 1. The molecule has 7 heteroatoms. The highest BCUT2D eigenvalue weighted by atomic mass is 16.5. The molecular weight excluding hydrogens is 380 g/mol. The maximum Gasteiger partial charge on any atom is 0.258 e. The molecule has 0 radical (unpaired) electrons. The van der Waals surface area contributed by atoms with Crippen LogP contribution in [0.2, 0.25) is 0 Å². The van der Waals surface area contributed by atoms with E-state index >= 15 is 0 Å². The van der Waals surface area contributed by atoms with Gasteiger partial charge in [0.1, 0.15) is 11.5 Å². The minimum atomic E-state index is -0.0905. The lowest BCUT2D eigenvalue weighted by atomic mass is 9.93. The molecular formula is C23H26N4O3. The third-order valence-electron chi connectivity index (χ3n) is 5.71. The van der Waals surface area contributed by atoms with Crippen LogP contribution in [0.4, 0.5) is 0 Å². The van der Waals surface area contributed by atoms with Crippen LogP contribution in [-0.4, -0.2) is 46.8 Å². The van der Waals surface area contributed by atoms with Gasteiger partial charge in [0.05, 0.1) is 37.7 Å². The molecule has 1 aromatic carbocycles. The number of methoxy groups -OCH3 is 2. The Balaban J connectivity index is 1.73. The number of aromatic amines is 1. The summed E-state index contributed by atoms with van der Waals surface area (Å²) in [7, 11) is 3.17. The van der Waals surface area contributed by atoms with Crippen molar-refractivity contribution in [2.75, 3.05) is 20.8 Å². The number of ether oxygens (including phenoxy) is 2. The third kappa shape index (κ3) is 3.63. The normalized spacial score (nSPS) is 16.4. The Morgan fingerprint density at radius 2 is 2.00 bits per heavy atom. The molecule has 1 atom stereocenters. The summed E-state index contributed by atoms with van der Waals surface area (Å²) >= 11 is 0. The number of nitrogens with one attached hydrogen (secondary N) is 1. The van der Waals surface area contributed by atoms with Gasteiger partial charge in [0.2, 0.25) is 0 Å². The van der Waals surface area contributed by atoms with E-state index in [4.69, 9.17) is 9.47 Å². The van der Waals surface area contributed by atoms with Gasteiger partial charge in [-0.15, -0.1) is 0 Å². The molecule has 1 N–H and O–H groups in total. The highest BCUT2D eigenvalue weighted by Crippen LogP contribution is 2.38. The van der Waals surface area contributed by atoms with Crippen molar-refractivity contribution >= 4 is 5.91 Å². The Labute approximate surface area is 176 Å². The van der Waals surface area contributed by atoms with Gasteiger partial charge in [-0.3, -0.25) is 14.9 Å². The number of amides is 1. The quantitative estimate of drug-likeness (QED) is 0.688. The molecule has 2 aromatic heterocycles. The van der Waals surface area contributed by atoms with Gasteiger partial charge in [0, 0.05) is 24.5 Å². The van der Waals surface area contributed by atoms with Crippen molar-refractivity contribution in [3.05, 3.63) is 59.7 Å². The molecule has 1 aliphatic heterocycles. The number of hydrogen-bond donors (Lipinski definition) is 1. The molecule has 3 aromatic rings. The first-order valence-corrected chi connectivity index (χ1v) is 10.1. The van der Waals surface area contributed by atoms with E-state index < -0.39 is 0 Å². The Kier molecular flexibility index (Phi) is 5.70. The van der Waals surface area contributed by atoms with E-state index in [1.807, 2.05) is 30.3 Å². The highest BCUT2D eigenvalue weighted by Gasteiger charge is 2.33. The van der Waals surface area contributed by atoms with Gasteiger partial charge in [-0.2, -0.15) is 5.10 Å². The minimum absolute atomic E-state index is 0.0672. The summed E-state index contributed by atoms with van der Waals surface area (Å²) < 4.78 is 10.8. The van der Waals surface area contributed by atoms with Crippen LogP contribution in [0.5, 0.6) is 11.5 Å². The average molecular weight is 406 g/mol. The summed E-state index contributed by atoms with van der Waals surface area (Å²) in [4.78, 5) is 19.7. The average Bonchev–Trinajstić information content (AvgIpc) is 3.28. The van der Waals surface area contributed by atoms with E-state index in [0.29, 0.717) is 23.6 Å². The number of nitrogens with zero attached hydrogens (tertiary/aromatic N) is 3. The second-order valence-corrected chi connectivity index (χ2v) is 7.46. The number of carbonyl (C=O) groups is 1. The third-order valence-corrected chi connectivity index (χ3v) is 5.71. The van der Waals surface area contributed by atoms with Crippen LogP contribution in [0.15, 0.2) is 42.9 Å². The summed E-state index contributed by atoms with van der Waals surface area (Å²) in [5.41, 5.74) is 4.62. The van der Waals surface area contributed by atoms with Gasteiger partial charge in [0.15, 0.2) is 0 Å². The van der Waals surface area contributed by atoms with E-state index in [1.165, 1.54) is 0 Å². The Bertz CT molecular complexity index is 1050. The van der Waals surface area contributed by atoms with Crippen LogP contribution in [0, 0.1) is 6.92 Å². The fraction of sp³-hybridized carbons (Fsp3) is 0.348. The van der Waals surface area contributed by atoms with Crippen LogP contribution in [0.3, 0.4) is 0 Å². The Hall–Kier alpha value is -3.35. The van der Waals surface area contributed by atoms with Crippen molar-refractivity contribution in [1.82, 2.24) is 20.1 Å². The van der Waals surface area contributed by atoms with Crippen LogP contribution >= 0.6 is 0 Å². The van der Waals surface area contributed by atoms with Crippen molar-refractivity contribution in [2.24, 2.45) is 0 Å². The lowest BCUT2D eigenvalue weighted by molar-refractivity contribution is 0.0603. The van der Waals surface area contributed by atoms with Gasteiger partial charge in [-0.1, -0.05) is 0 Å². The summed E-state index contributed by atoms with van der Waals surface area (Å²) in [5, 5.41) is 7.48. The SMILES string of the molecule is COc1ccc(OC)c(C(=O)N2CCCC[C@H]2c2[nH]ncc2-c2ccncc2C)c1. The Morgan fingerprint density at radius 1 is 1.13 bits per heavy atom. The van der Waals surface area contributed by atoms with E-state index in [1.54, 1.807) is 38.6 Å². The predicted octanol–water partition coefficient (Wildman–Crippen LogP) is 4.16. The topological polar surface area (TPSA) is 80.3 Å². The van der Waals surface area contributed by atoms with Crippen LogP contribution in [0.25, 0.3) is 11.1 Å². The Morgan fingerprint density at radius 3 is 2.77 bits per heavy atom. The summed E-state index contributed by atoms with van der Waals surface area (Å²) in [6.45, 7) is 2.71. The summed E-state index contributed by atoms with van der Waals surface area (Å²) in [6.07, 6.45) is 8.35. The molecule has 0 bridgehead atoms. The fourth-order valence-corrected chi connectivity index (χ4v) is 4.15. The van der Waals surface area contributed by atoms with Crippen molar-refractivity contribution in [2.45, 2.75) is 32.2 Å². The van der Waals surface area contributed by atoms with Gasteiger partial charge in [0.25, 0.3) is 5.91 Å². The molecule has 4 rings (SSSR count). The largest absolute Gasteiger partial charge is 0.497 e. The zero-order valence-electron chi connectivity index (χ0n) is 17.5. The first-order valence-electron chi connectivity index (χ1n) is 10.1. The predicted molar refractivity (Wildman–Crippen MR) is 114 cm³/mol. The molecule has 1 fully saturated rings. The van der Waals surface area contributed by atoms with E-state index in [2.05, 4.69) is 15.2 Å². The molecule has 30 heavy (non-hydrogen) atoms. The van der Waals surface area contributed by atoms with Crippen LogP contribution in [-0.2, 0) is 0 Å². The molecule has 0 unspecified atom stereocenters. The number of hydrogen-bond acceptors (Lipinski definition) is 5. The monoisotopic (exact) mass is 406 g/mol. The number of piperidine rings is 1. The zero-order chi connectivity index (χ0) is 21.1. The van der Waals surface area contributed by atoms with Gasteiger partial charge in [-0.05, 0) is 61.6 Å². The zero-order valence-corrected chi connectivity index (χ0v) is 17.5. The highest BCUT2D eigenvalue weighted by molar-refractivity contribution is 5.97. The number of aryl methyl sites for hydroxylation is 1. The molecule has 0 spiro atoms. The van der Waals surface area contributed by atoms with Gasteiger partial charge in [-0.25, -0.2) is 0 Å². The van der Waals surface area contributed by atoms with Crippen molar-refractivity contribution < 1.29 is 14.3 Å². The molecule has 156 valence electrons. The van der Waals surface area contributed by atoms with Crippen LogP contribution in [0.1, 0.15) is 46.9 Å². The van der Waals surface area contributed by atoms with Crippen LogP contribution < -0.4 is 9.47 Å². The molecule has 0 saturated carbocycles. The number of likely N-dealkylation sites (tertiary alicyclic amines) is 1. The molecule has 1 saturated heterocycles. The number of aromatic nitrogens is 3. The summed E-state index contributed by atoms with van der Waals surface area (Å²) in [6, 6.07) is 7.21. The number of rotatable bonds is 5. The second-order valence-electron chi connectivity index (χ2n) is 7.46. The van der Waals surface area contributed by atoms with Gasteiger partial charge < -0.3 is 14.4 Å². The van der Waals surface area contributed by atoms with E-state index in [0.717, 1.165) is 41.6 Å². The first kappa shape index (κ1) is 19.9. The van der Waals surface area contributed by atoms with Crippen molar-refractivity contribution in [3.63, 3.8) is 0 Å². The van der Waals surface area contributed by atoms with Gasteiger partial charge >= 0.3 is 0 Å². The smallest absolute Gasteiger partial charge is 0.258 e. The minimum Gasteiger partial charge on any atom is -0.497 e. The van der Waals surface area contributed by atoms with E-state index in [9.17, 15) is 4.79 Å². The number of carbonyl (C=O) groups excluding carboxylic acids is 1. The maximum absolute atomic E-state index is 13.6. The molecule has 0 aliphatic carbocycles. The van der Waals surface area contributed by atoms with Crippen molar-refractivity contribution in [3.8, 4) is 22.6 Å². The molecule has 7 nitrogen and oxygen atoms in total. The first-order chi connectivity index (χ1) is 14.6. The lowest BCUT2D eigenvalue weighted by Crippen LogP contribution is -2.39. The molecule has 1 amide bonds. The van der Waals surface area contributed by atoms with E-state index in [-0.39, 0.29) is 11.9 Å². The lowest BCUT2D eigenvalue weighted by Gasteiger charge is -2.36. The second kappa shape index (κ2) is 8.57. The van der Waals surface area contributed by atoms with Crippen molar-refractivity contribution in [1.29, 1.82) is 0 Å². The standard InChI is InChI=1S/C23H26N4O3/c1-15-13-24-10-9-17(15)19-14-25-26-22(19)20-6-4-5-11-27(20)23(28)18-12-16(29-2)7-8-21(18)30-3/h7-10,12-14,20H,4-6,11H2,1-3H3,(H,25,26)/t20-/m0/s1. The number of pyridine rings is 1. The maximum atomic E-state index is 13.6. The summed E-state index contributed by atoms with van der Waals surface area (Å²) in [5.74, 6) is 1.10.